The van der Waals surface area contributed by atoms with Crippen molar-refractivity contribution in [3.05, 3.63) is 0 Å². The number of hydrogen-bond acceptors (Lipinski definition) is 2. The van der Waals surface area contributed by atoms with Crippen molar-refractivity contribution >= 4 is 41.4 Å². The molecule has 0 radical (unpaired) electrons. The summed E-state index contributed by atoms with van der Waals surface area (Å²) in [6.07, 6.45) is -4.62. The van der Waals surface area contributed by atoms with Gasteiger partial charge in [-0.3, -0.25) is 14.9 Å². The van der Waals surface area contributed by atoms with Crippen molar-refractivity contribution in [2.45, 2.75) is 12.3 Å². The number of alkyl halides is 2. The second-order valence-electron chi connectivity index (χ2n) is 1.66. The first-order valence-corrected chi connectivity index (χ1v) is 2.26. The van der Waals surface area contributed by atoms with Crippen molar-refractivity contribution in [3.63, 3.8) is 0 Å². The van der Waals surface area contributed by atoms with Crippen LogP contribution in [0.25, 0.3) is 0 Å². The molecule has 0 bridgehead atoms. The molecule has 0 aliphatic carbocycles. The predicted octanol–water partition coefficient (Wildman–Crippen LogP) is -1.33. The van der Waals surface area contributed by atoms with Crippen LogP contribution in [0.2, 0.25) is 0 Å². The van der Waals surface area contributed by atoms with Crippen molar-refractivity contribution < 1.29 is 18.4 Å². The van der Waals surface area contributed by atoms with Crippen molar-refractivity contribution in [3.8, 4) is 0 Å². The average molecular weight is 159 g/mol. The molecule has 10 heavy (non-hydrogen) atoms. The van der Waals surface area contributed by atoms with Gasteiger partial charge >= 0.3 is 29.6 Å². The Kier molecular flexibility index (Phi) is 3.41. The summed E-state index contributed by atoms with van der Waals surface area (Å²) in [6, 6.07) is 0. The first-order chi connectivity index (χ1) is 4.13. The molecule has 1 fully saturated rings. The van der Waals surface area contributed by atoms with Crippen LogP contribution in [0, 0.1) is 0 Å². The van der Waals surface area contributed by atoms with Crippen LogP contribution in [-0.2, 0) is 9.59 Å². The van der Waals surface area contributed by atoms with Gasteiger partial charge in [-0.2, -0.15) is 0 Å². The first kappa shape index (κ1) is 10.0. The van der Waals surface area contributed by atoms with E-state index in [1.54, 1.807) is 0 Å². The molecule has 0 spiro atoms. The number of rotatable bonds is 0. The fourth-order valence-electron chi connectivity index (χ4n) is 0.525. The zero-order valence-corrected chi connectivity index (χ0v) is 4.23. The minimum absolute atomic E-state index is 0. The molecule has 1 N–H and O–H groups in total. The van der Waals surface area contributed by atoms with Crippen molar-refractivity contribution in [2.24, 2.45) is 0 Å². The molecule has 6 heteroatoms. The topological polar surface area (TPSA) is 46.2 Å². The Bertz CT molecular complexity index is 157. The number of hydrogen-bond donors (Lipinski definition) is 1. The van der Waals surface area contributed by atoms with Crippen molar-refractivity contribution in [1.29, 1.82) is 0 Å². The average Bonchev–Trinajstić information content (AvgIpc) is 1.98. The quantitative estimate of drug-likeness (QED) is 0.351. The summed E-state index contributed by atoms with van der Waals surface area (Å²) in [5.74, 6) is -2.37. The third kappa shape index (κ3) is 1.53. The molecule has 2 unspecified atom stereocenters. The monoisotopic (exact) mass is 159 g/mol. The Morgan fingerprint density at radius 3 is 1.50 bits per heavy atom. The molecular formula is C4H4F2NNaO2. The molecule has 1 aliphatic rings. The number of carbonyl (C=O) groups excluding carboxylic acids is 2. The molecule has 0 aromatic heterocycles. The zero-order valence-electron chi connectivity index (χ0n) is 4.23. The van der Waals surface area contributed by atoms with Crippen LogP contribution in [0.15, 0.2) is 0 Å². The van der Waals surface area contributed by atoms with Crippen molar-refractivity contribution in [2.75, 3.05) is 0 Å². The summed E-state index contributed by atoms with van der Waals surface area (Å²) >= 11 is 0. The molecule has 3 nitrogen and oxygen atoms in total. The standard InChI is InChI=1S/C4H3F2NO2.Na.H/c5-1-2(6)4(9)7-3(1)8;;/h1-2H,(H,7,8,9);;. The van der Waals surface area contributed by atoms with Crippen LogP contribution in [0.3, 0.4) is 0 Å². The van der Waals surface area contributed by atoms with E-state index < -0.39 is 24.2 Å². The molecule has 1 aliphatic heterocycles. The van der Waals surface area contributed by atoms with Gasteiger partial charge in [0.1, 0.15) is 0 Å². The number of carbonyl (C=O) groups is 2. The van der Waals surface area contributed by atoms with E-state index in [4.69, 9.17) is 0 Å². The fourth-order valence-corrected chi connectivity index (χ4v) is 0.525. The van der Waals surface area contributed by atoms with Gasteiger partial charge in [-0.1, -0.05) is 0 Å². The van der Waals surface area contributed by atoms with Gasteiger partial charge in [-0.05, 0) is 0 Å². The summed E-state index contributed by atoms with van der Waals surface area (Å²) < 4.78 is 23.9. The minimum atomic E-state index is -2.31. The number of halogens is 2. The van der Waals surface area contributed by atoms with Gasteiger partial charge in [-0.25, -0.2) is 8.78 Å². The van der Waals surface area contributed by atoms with Crippen LogP contribution >= 0.6 is 0 Å². The summed E-state index contributed by atoms with van der Waals surface area (Å²) in [6.45, 7) is 0. The van der Waals surface area contributed by atoms with E-state index in [1.807, 2.05) is 0 Å². The second kappa shape index (κ2) is 3.41. The Hall–Kier alpha value is -0.000000000000000222. The van der Waals surface area contributed by atoms with E-state index in [9.17, 15) is 18.4 Å². The molecule has 0 saturated carbocycles. The maximum atomic E-state index is 12.0. The SMILES string of the molecule is O=C1NC(=O)C(F)C1F.[NaH]. The normalized spacial score (nSPS) is 31.4. The van der Waals surface area contributed by atoms with E-state index in [0.29, 0.717) is 0 Å². The van der Waals surface area contributed by atoms with Gasteiger partial charge in [0.05, 0.1) is 0 Å². The maximum absolute atomic E-state index is 12.0. The molecule has 52 valence electrons. The molecule has 1 rings (SSSR count). The van der Waals surface area contributed by atoms with Crippen LogP contribution in [0.5, 0.6) is 0 Å². The number of nitrogens with one attached hydrogen (secondary N) is 1. The van der Waals surface area contributed by atoms with Crippen LogP contribution in [0.1, 0.15) is 0 Å². The Labute approximate surface area is 77.4 Å². The molecule has 0 aromatic carbocycles. The Morgan fingerprint density at radius 1 is 1.10 bits per heavy atom. The number of imide groups is 1. The van der Waals surface area contributed by atoms with Gasteiger partial charge in [0.25, 0.3) is 11.8 Å². The van der Waals surface area contributed by atoms with E-state index in [0.717, 1.165) is 0 Å². The first-order valence-electron chi connectivity index (χ1n) is 2.26. The van der Waals surface area contributed by atoms with Gasteiger partial charge < -0.3 is 0 Å². The van der Waals surface area contributed by atoms with E-state index in [1.165, 1.54) is 5.32 Å². The summed E-state index contributed by atoms with van der Waals surface area (Å²) in [5.41, 5.74) is 0. The van der Waals surface area contributed by atoms with E-state index in [-0.39, 0.29) is 29.6 Å². The Balaban J connectivity index is 0.000000810. The van der Waals surface area contributed by atoms with Gasteiger partial charge in [0, 0.05) is 0 Å². The molecule has 2 amide bonds. The van der Waals surface area contributed by atoms with Crippen molar-refractivity contribution in [1.82, 2.24) is 5.32 Å². The third-order valence-electron chi connectivity index (χ3n) is 1.00. The second-order valence-corrected chi connectivity index (χ2v) is 1.66. The molecule has 1 heterocycles. The third-order valence-corrected chi connectivity index (χ3v) is 1.00. The van der Waals surface area contributed by atoms with E-state index >= 15 is 0 Å². The molecule has 2 atom stereocenters. The van der Waals surface area contributed by atoms with Gasteiger partial charge in [-0.15, -0.1) is 0 Å². The predicted molar refractivity (Wildman–Crippen MR) is 30.1 cm³/mol. The Morgan fingerprint density at radius 2 is 1.40 bits per heavy atom. The summed E-state index contributed by atoms with van der Waals surface area (Å²) in [5, 5.41) is 1.49. The number of amides is 2. The van der Waals surface area contributed by atoms with Gasteiger partial charge in [0.15, 0.2) is 0 Å². The summed E-state index contributed by atoms with van der Waals surface area (Å²) in [4.78, 5) is 20.1. The van der Waals surface area contributed by atoms with Crippen LogP contribution in [0.4, 0.5) is 8.78 Å². The van der Waals surface area contributed by atoms with Crippen LogP contribution in [-0.4, -0.2) is 53.7 Å². The molecule has 1 saturated heterocycles. The molecule has 0 aromatic rings. The molecular weight excluding hydrogens is 155 g/mol. The van der Waals surface area contributed by atoms with Gasteiger partial charge in [0.2, 0.25) is 12.3 Å². The van der Waals surface area contributed by atoms with Crippen LogP contribution < -0.4 is 5.32 Å². The zero-order chi connectivity index (χ0) is 7.02. The fraction of sp³-hybridized carbons (Fsp3) is 0.500. The van der Waals surface area contributed by atoms with E-state index in [2.05, 4.69) is 0 Å². The summed E-state index contributed by atoms with van der Waals surface area (Å²) in [7, 11) is 0.